The molecule has 0 aromatic heterocycles. The Kier molecular flexibility index (Phi) is 6.58. The van der Waals surface area contributed by atoms with Crippen LogP contribution in [-0.4, -0.2) is 88.2 Å². The summed E-state index contributed by atoms with van der Waals surface area (Å²) in [6.45, 7) is -0.185. The maximum absolute atomic E-state index is 12.9. The fourth-order valence-corrected chi connectivity index (χ4v) is 4.81. The number of hydrogen-bond acceptors (Lipinski definition) is 8. The zero-order valence-electron chi connectivity index (χ0n) is 17.5. The highest BCUT2D eigenvalue weighted by molar-refractivity contribution is 8.03. The molecule has 2 fully saturated rings. The van der Waals surface area contributed by atoms with Crippen LogP contribution in [0, 0.1) is 0 Å². The van der Waals surface area contributed by atoms with E-state index < -0.39 is 52.8 Å². The molecule has 13 nitrogen and oxygen atoms in total. The van der Waals surface area contributed by atoms with E-state index in [2.05, 4.69) is 15.7 Å². The number of rotatable bonds is 6. The average Bonchev–Trinajstić information content (AvgIpc) is 3.44. The Morgan fingerprint density at radius 3 is 2.53 bits per heavy atom. The molecule has 34 heavy (non-hydrogen) atoms. The molecular weight excluding hydrogens is 488 g/mol. The van der Waals surface area contributed by atoms with Gasteiger partial charge in [-0.05, 0) is 17.0 Å². The number of β-lactam (4-membered cyclic amide) rings is 1. The summed E-state index contributed by atoms with van der Waals surface area (Å²) in [4.78, 5) is 51.3. The van der Waals surface area contributed by atoms with Crippen LogP contribution in [0.5, 0.6) is 0 Å². The molecule has 0 bridgehead atoms. The van der Waals surface area contributed by atoms with Crippen molar-refractivity contribution in [1.82, 2.24) is 24.8 Å². The molecule has 0 radical (unpaired) electrons. The first-order valence-corrected chi connectivity index (χ1v) is 12.5. The summed E-state index contributed by atoms with van der Waals surface area (Å²) in [5, 5.41) is 12.1. The highest BCUT2D eigenvalue weighted by atomic mass is 32.2. The SMILES string of the molecule is O=C(NC1CN(S(=O)(=O)O)C1=O)C(NC(=O)N1CCN(N=C2C=CSC2)C1=O)c1ccccc1. The highest BCUT2D eigenvalue weighted by Crippen LogP contribution is 2.20. The van der Waals surface area contributed by atoms with Crippen LogP contribution in [0.15, 0.2) is 46.9 Å². The molecule has 1 aromatic rings. The number of urea groups is 2. The van der Waals surface area contributed by atoms with Crippen LogP contribution in [0.25, 0.3) is 0 Å². The van der Waals surface area contributed by atoms with Gasteiger partial charge in [-0.3, -0.25) is 14.1 Å². The first-order valence-electron chi connectivity index (χ1n) is 10.0. The van der Waals surface area contributed by atoms with Gasteiger partial charge >= 0.3 is 22.4 Å². The van der Waals surface area contributed by atoms with Crippen molar-refractivity contribution in [2.24, 2.45) is 5.10 Å². The fraction of sp³-hybridized carbons (Fsp3) is 0.316. The van der Waals surface area contributed by atoms with Gasteiger partial charge in [-0.1, -0.05) is 30.3 Å². The molecule has 2 saturated heterocycles. The standard InChI is InChI=1S/C19H20N6O7S2/c26-16(20-14-10-25(17(14)27)34(30,31)32)15(12-4-2-1-3-5-12)21-18(28)23-7-8-24(19(23)29)22-13-6-9-33-11-13/h1-6,9,14-15H,7-8,10-11H2,(H,20,26)(H,21,28)(H,30,31,32). The van der Waals surface area contributed by atoms with Crippen molar-refractivity contribution in [2.45, 2.75) is 12.1 Å². The predicted molar refractivity (Wildman–Crippen MR) is 121 cm³/mol. The van der Waals surface area contributed by atoms with Gasteiger partial charge in [0.15, 0.2) is 0 Å². The molecule has 1 aromatic carbocycles. The molecule has 180 valence electrons. The number of hydrazone groups is 1. The van der Waals surface area contributed by atoms with E-state index in [0.29, 0.717) is 17.0 Å². The third-order valence-corrected chi connectivity index (χ3v) is 6.90. The largest absolute Gasteiger partial charge is 0.362 e. The van der Waals surface area contributed by atoms with Gasteiger partial charge in [-0.15, -0.1) is 11.8 Å². The van der Waals surface area contributed by atoms with Gasteiger partial charge in [0.25, 0.3) is 5.91 Å². The third kappa shape index (κ3) is 4.90. The zero-order valence-corrected chi connectivity index (χ0v) is 19.2. The van der Waals surface area contributed by atoms with Gasteiger partial charge in [0.05, 0.1) is 25.3 Å². The summed E-state index contributed by atoms with van der Waals surface area (Å²) in [5.74, 6) is -1.16. The number of amides is 6. The fourth-order valence-electron chi connectivity index (χ4n) is 3.44. The number of imide groups is 1. The monoisotopic (exact) mass is 508 g/mol. The maximum atomic E-state index is 12.9. The lowest BCUT2D eigenvalue weighted by Crippen LogP contribution is -2.66. The van der Waals surface area contributed by atoms with Crippen molar-refractivity contribution >= 4 is 51.7 Å². The van der Waals surface area contributed by atoms with Gasteiger partial charge in [0.1, 0.15) is 12.1 Å². The molecule has 4 rings (SSSR count). The van der Waals surface area contributed by atoms with Crippen LogP contribution < -0.4 is 10.6 Å². The van der Waals surface area contributed by atoms with Gasteiger partial charge in [-0.25, -0.2) is 23.8 Å². The van der Waals surface area contributed by atoms with Crippen LogP contribution >= 0.6 is 11.8 Å². The number of nitrogens with one attached hydrogen (secondary N) is 2. The number of carbonyl (C=O) groups excluding carboxylic acids is 4. The number of nitrogens with zero attached hydrogens (tertiary/aromatic N) is 4. The summed E-state index contributed by atoms with van der Waals surface area (Å²) < 4.78 is 31.4. The van der Waals surface area contributed by atoms with Crippen LogP contribution in [0.1, 0.15) is 11.6 Å². The molecular formula is C19H20N6O7S2. The number of allylic oxidation sites excluding steroid dienone is 1. The predicted octanol–water partition coefficient (Wildman–Crippen LogP) is -0.0788. The van der Waals surface area contributed by atoms with Crippen LogP contribution in [0.2, 0.25) is 0 Å². The van der Waals surface area contributed by atoms with E-state index in [-0.39, 0.29) is 17.4 Å². The Morgan fingerprint density at radius 1 is 1.18 bits per heavy atom. The second-order valence-corrected chi connectivity index (χ2v) is 9.69. The Balaban J connectivity index is 1.45. The van der Waals surface area contributed by atoms with E-state index in [1.54, 1.807) is 36.4 Å². The summed E-state index contributed by atoms with van der Waals surface area (Å²) in [5.41, 5.74) is 1.08. The molecule has 3 N–H and O–H groups in total. The first-order chi connectivity index (χ1) is 16.1. The minimum absolute atomic E-state index is 0.0614. The molecule has 6 amide bonds. The van der Waals surface area contributed by atoms with Crippen molar-refractivity contribution in [3.63, 3.8) is 0 Å². The smallest absolute Gasteiger partial charge is 0.341 e. The molecule has 15 heteroatoms. The minimum atomic E-state index is -4.71. The lowest BCUT2D eigenvalue weighted by molar-refractivity contribution is -0.141. The van der Waals surface area contributed by atoms with Crippen molar-refractivity contribution in [3.05, 3.63) is 47.4 Å². The molecule has 2 atom stereocenters. The lowest BCUT2D eigenvalue weighted by Gasteiger charge is -2.36. The van der Waals surface area contributed by atoms with E-state index in [0.717, 1.165) is 4.90 Å². The molecule has 0 spiro atoms. The first kappa shape index (κ1) is 23.7. The van der Waals surface area contributed by atoms with Gasteiger partial charge in [-0.2, -0.15) is 13.5 Å². The van der Waals surface area contributed by atoms with Gasteiger partial charge in [0, 0.05) is 5.75 Å². The summed E-state index contributed by atoms with van der Waals surface area (Å²) >= 11 is 1.54. The van der Waals surface area contributed by atoms with E-state index in [1.165, 1.54) is 16.8 Å². The van der Waals surface area contributed by atoms with E-state index in [4.69, 9.17) is 4.55 Å². The number of thioether (sulfide) groups is 1. The van der Waals surface area contributed by atoms with E-state index in [1.807, 2.05) is 5.41 Å². The topological polar surface area (TPSA) is 169 Å². The maximum Gasteiger partial charge on any atom is 0.362 e. The number of carbonyl (C=O) groups is 4. The molecule has 0 aliphatic carbocycles. The zero-order chi connectivity index (χ0) is 24.5. The molecule has 3 heterocycles. The Labute approximate surface area is 198 Å². The van der Waals surface area contributed by atoms with Crippen molar-refractivity contribution in [1.29, 1.82) is 0 Å². The van der Waals surface area contributed by atoms with Crippen molar-refractivity contribution in [2.75, 3.05) is 25.4 Å². The lowest BCUT2D eigenvalue weighted by atomic mass is 10.0. The van der Waals surface area contributed by atoms with E-state index >= 15 is 0 Å². The Bertz CT molecular complexity index is 1190. The van der Waals surface area contributed by atoms with Crippen LogP contribution in [0.4, 0.5) is 9.59 Å². The second-order valence-electron chi connectivity index (χ2n) is 7.46. The minimum Gasteiger partial charge on any atom is -0.341 e. The third-order valence-electron chi connectivity index (χ3n) is 5.22. The Hall–Kier alpha value is -3.43. The van der Waals surface area contributed by atoms with Crippen molar-refractivity contribution < 1.29 is 32.1 Å². The quantitative estimate of drug-likeness (QED) is 0.354. The molecule has 3 aliphatic heterocycles. The summed E-state index contributed by atoms with van der Waals surface area (Å²) in [7, 11) is -4.71. The molecule has 0 saturated carbocycles. The Morgan fingerprint density at radius 2 is 1.91 bits per heavy atom. The molecule has 3 aliphatic rings. The summed E-state index contributed by atoms with van der Waals surface area (Å²) in [6.07, 6.45) is 1.78. The highest BCUT2D eigenvalue weighted by Gasteiger charge is 2.45. The van der Waals surface area contributed by atoms with E-state index in [9.17, 15) is 27.6 Å². The van der Waals surface area contributed by atoms with Crippen molar-refractivity contribution in [3.8, 4) is 0 Å². The van der Waals surface area contributed by atoms with Crippen LogP contribution in [0.3, 0.4) is 0 Å². The second kappa shape index (κ2) is 9.44. The van der Waals surface area contributed by atoms with Gasteiger partial charge < -0.3 is 10.6 Å². The van der Waals surface area contributed by atoms with Crippen LogP contribution in [-0.2, 0) is 19.9 Å². The number of benzene rings is 1. The summed E-state index contributed by atoms with van der Waals surface area (Å²) in [6, 6.07) is 4.21. The normalized spacial score (nSPS) is 22.2. The van der Waals surface area contributed by atoms with Gasteiger partial charge in [0.2, 0.25) is 5.91 Å². The molecule has 2 unspecified atom stereocenters. The number of hydrogen-bond donors (Lipinski definition) is 3. The average molecular weight is 509 g/mol.